The van der Waals surface area contributed by atoms with Crippen LogP contribution in [0.3, 0.4) is 0 Å². The van der Waals surface area contributed by atoms with Gasteiger partial charge in [0.1, 0.15) is 0 Å². The fourth-order valence-electron chi connectivity index (χ4n) is 2.82. The normalized spacial score (nSPS) is 10.4. The number of nitrogens with one attached hydrogen (secondary N) is 2. The summed E-state index contributed by atoms with van der Waals surface area (Å²) >= 11 is 0. The monoisotopic (exact) mass is 365 g/mol. The maximum atomic E-state index is 12.1. The zero-order chi connectivity index (χ0) is 19.4. The Hall–Kier alpha value is -3.68. The first-order valence-electron chi connectivity index (χ1n) is 8.32. The van der Waals surface area contributed by atoms with Gasteiger partial charge in [0.05, 0.1) is 16.2 Å². The van der Waals surface area contributed by atoms with E-state index in [1.54, 1.807) is 10.7 Å². The molecule has 2 aromatic carbocycles. The molecule has 0 saturated heterocycles. The zero-order valence-electron chi connectivity index (χ0n) is 15.0. The number of aryl methyl sites for hydroxylation is 1. The largest absolute Gasteiger partial charge is 0.380 e. The Labute approximate surface area is 156 Å². The number of amides is 1. The number of anilines is 1. The third-order valence-electron chi connectivity index (χ3n) is 4.11. The van der Waals surface area contributed by atoms with Gasteiger partial charge in [0.25, 0.3) is 11.6 Å². The summed E-state index contributed by atoms with van der Waals surface area (Å²) in [5.74, 6) is -0.393. The number of nitro benzene ring substituents is 1. The molecule has 1 heterocycles. The summed E-state index contributed by atoms with van der Waals surface area (Å²) in [5.41, 5.74) is 3.38. The minimum Gasteiger partial charge on any atom is -0.380 e. The van der Waals surface area contributed by atoms with Gasteiger partial charge in [0, 0.05) is 55.8 Å². The Balaban J connectivity index is 1.90. The van der Waals surface area contributed by atoms with Crippen LogP contribution in [0.15, 0.2) is 54.7 Å². The van der Waals surface area contributed by atoms with E-state index in [9.17, 15) is 14.9 Å². The lowest BCUT2D eigenvalue weighted by molar-refractivity contribution is -0.384. The van der Waals surface area contributed by atoms with Crippen molar-refractivity contribution in [2.45, 2.75) is 6.54 Å². The molecule has 0 bridgehead atoms. The Morgan fingerprint density at radius 1 is 1.22 bits per heavy atom. The minimum absolute atomic E-state index is 0.134. The molecule has 0 aliphatic carbocycles. The van der Waals surface area contributed by atoms with E-state index in [1.165, 1.54) is 19.2 Å². The lowest BCUT2D eigenvalue weighted by atomic mass is 10.1. The highest BCUT2D eigenvalue weighted by atomic mass is 16.6. The van der Waals surface area contributed by atoms with Crippen LogP contribution < -0.4 is 10.6 Å². The summed E-state index contributed by atoms with van der Waals surface area (Å²) in [7, 11) is 3.33. The first-order valence-corrected chi connectivity index (χ1v) is 8.32. The van der Waals surface area contributed by atoms with Crippen molar-refractivity contribution in [2.75, 3.05) is 12.4 Å². The minimum atomic E-state index is -0.523. The number of benzene rings is 2. The van der Waals surface area contributed by atoms with E-state index in [2.05, 4.69) is 15.7 Å². The highest BCUT2D eigenvalue weighted by Gasteiger charge is 2.17. The van der Waals surface area contributed by atoms with E-state index in [4.69, 9.17) is 0 Å². The van der Waals surface area contributed by atoms with E-state index < -0.39 is 10.8 Å². The van der Waals surface area contributed by atoms with Gasteiger partial charge in [-0.3, -0.25) is 19.6 Å². The number of carbonyl (C=O) groups excluding carboxylic acids is 1. The Bertz CT molecular complexity index is 982. The van der Waals surface area contributed by atoms with Crippen LogP contribution in [0.4, 0.5) is 11.4 Å². The topological polar surface area (TPSA) is 102 Å². The van der Waals surface area contributed by atoms with Gasteiger partial charge in [-0.15, -0.1) is 0 Å². The van der Waals surface area contributed by atoms with Gasteiger partial charge in [-0.25, -0.2) is 0 Å². The SMILES string of the molecule is CNC(=O)c1cc([N+](=O)[O-])ccc1NCc1cn(C)nc1-c1ccccc1. The van der Waals surface area contributed by atoms with E-state index in [0.29, 0.717) is 12.2 Å². The van der Waals surface area contributed by atoms with Gasteiger partial charge in [-0.1, -0.05) is 30.3 Å². The molecule has 27 heavy (non-hydrogen) atoms. The lowest BCUT2D eigenvalue weighted by Crippen LogP contribution is -2.20. The summed E-state index contributed by atoms with van der Waals surface area (Å²) in [5, 5.41) is 21.2. The predicted molar refractivity (Wildman–Crippen MR) is 102 cm³/mol. The molecule has 0 atom stereocenters. The average molecular weight is 365 g/mol. The number of carbonyl (C=O) groups is 1. The molecule has 0 aliphatic rings. The third-order valence-corrected chi connectivity index (χ3v) is 4.11. The summed E-state index contributed by atoms with van der Waals surface area (Å²) in [6.45, 7) is 0.417. The van der Waals surface area contributed by atoms with Crippen LogP contribution in [-0.4, -0.2) is 27.7 Å². The molecule has 0 fully saturated rings. The van der Waals surface area contributed by atoms with Crippen LogP contribution in [0, 0.1) is 10.1 Å². The predicted octanol–water partition coefficient (Wildman–Crippen LogP) is 2.97. The second kappa shape index (κ2) is 7.69. The van der Waals surface area contributed by atoms with Crippen molar-refractivity contribution in [3.63, 3.8) is 0 Å². The Morgan fingerprint density at radius 2 is 1.96 bits per heavy atom. The second-order valence-corrected chi connectivity index (χ2v) is 5.96. The molecule has 3 aromatic rings. The van der Waals surface area contributed by atoms with Crippen LogP contribution in [0.25, 0.3) is 11.3 Å². The lowest BCUT2D eigenvalue weighted by Gasteiger charge is -2.11. The molecule has 1 amide bonds. The van der Waals surface area contributed by atoms with Crippen molar-refractivity contribution < 1.29 is 9.72 Å². The standard InChI is InChI=1S/C19H19N5O3/c1-20-19(25)16-10-15(24(26)27)8-9-17(16)21-11-14-12-23(2)22-18(14)13-6-4-3-5-7-13/h3-10,12,21H,11H2,1-2H3,(H,20,25). The zero-order valence-corrected chi connectivity index (χ0v) is 15.0. The van der Waals surface area contributed by atoms with E-state index >= 15 is 0 Å². The first kappa shape index (κ1) is 18.1. The van der Waals surface area contributed by atoms with Crippen LogP contribution in [0.1, 0.15) is 15.9 Å². The molecule has 2 N–H and O–H groups in total. The van der Waals surface area contributed by atoms with Crippen molar-refractivity contribution in [3.8, 4) is 11.3 Å². The average Bonchev–Trinajstić information content (AvgIpc) is 3.06. The number of nitro groups is 1. The smallest absolute Gasteiger partial charge is 0.270 e. The van der Waals surface area contributed by atoms with Gasteiger partial charge in [0.15, 0.2) is 0 Å². The van der Waals surface area contributed by atoms with Crippen LogP contribution >= 0.6 is 0 Å². The molecule has 0 radical (unpaired) electrons. The van der Waals surface area contributed by atoms with Gasteiger partial charge in [-0.2, -0.15) is 5.10 Å². The fraction of sp³-hybridized carbons (Fsp3) is 0.158. The number of nitrogens with zero attached hydrogens (tertiary/aromatic N) is 3. The molecule has 8 nitrogen and oxygen atoms in total. The number of non-ortho nitro benzene ring substituents is 1. The van der Waals surface area contributed by atoms with Crippen molar-refractivity contribution in [2.24, 2.45) is 7.05 Å². The van der Waals surface area contributed by atoms with E-state index in [0.717, 1.165) is 16.8 Å². The molecule has 0 aliphatic heterocycles. The molecule has 0 unspecified atom stereocenters. The van der Waals surface area contributed by atoms with Crippen molar-refractivity contribution in [1.82, 2.24) is 15.1 Å². The Morgan fingerprint density at radius 3 is 2.63 bits per heavy atom. The summed E-state index contributed by atoms with van der Waals surface area (Å²) in [6.07, 6.45) is 1.90. The number of rotatable bonds is 6. The van der Waals surface area contributed by atoms with Crippen molar-refractivity contribution in [3.05, 3.63) is 76.0 Å². The first-order chi connectivity index (χ1) is 13.0. The molecule has 3 rings (SSSR count). The molecule has 0 saturated carbocycles. The molecule has 1 aromatic heterocycles. The number of hydrogen-bond donors (Lipinski definition) is 2. The van der Waals surface area contributed by atoms with Gasteiger partial charge in [0.2, 0.25) is 0 Å². The summed E-state index contributed by atoms with van der Waals surface area (Å²) < 4.78 is 1.73. The number of aromatic nitrogens is 2. The van der Waals surface area contributed by atoms with Crippen LogP contribution in [0.2, 0.25) is 0 Å². The highest BCUT2D eigenvalue weighted by molar-refractivity contribution is 6.00. The summed E-state index contributed by atoms with van der Waals surface area (Å²) in [6, 6.07) is 14.0. The quantitative estimate of drug-likeness (QED) is 0.516. The molecular weight excluding hydrogens is 346 g/mol. The second-order valence-electron chi connectivity index (χ2n) is 5.96. The van der Waals surface area contributed by atoms with E-state index in [-0.39, 0.29) is 11.3 Å². The maximum absolute atomic E-state index is 12.1. The van der Waals surface area contributed by atoms with Gasteiger partial charge >= 0.3 is 0 Å². The van der Waals surface area contributed by atoms with Gasteiger partial charge in [-0.05, 0) is 6.07 Å². The maximum Gasteiger partial charge on any atom is 0.270 e. The van der Waals surface area contributed by atoms with Crippen LogP contribution in [0.5, 0.6) is 0 Å². The fourth-order valence-corrected chi connectivity index (χ4v) is 2.82. The Kier molecular flexibility index (Phi) is 5.16. The molecule has 0 spiro atoms. The van der Waals surface area contributed by atoms with Crippen molar-refractivity contribution >= 4 is 17.3 Å². The molecular formula is C19H19N5O3. The third kappa shape index (κ3) is 3.95. The molecule has 8 heteroatoms. The van der Waals surface area contributed by atoms with Crippen molar-refractivity contribution in [1.29, 1.82) is 0 Å². The van der Waals surface area contributed by atoms with Crippen LogP contribution in [-0.2, 0) is 13.6 Å². The number of hydrogen-bond acceptors (Lipinski definition) is 5. The van der Waals surface area contributed by atoms with E-state index in [1.807, 2.05) is 43.6 Å². The molecule has 138 valence electrons. The highest BCUT2D eigenvalue weighted by Crippen LogP contribution is 2.25. The summed E-state index contributed by atoms with van der Waals surface area (Å²) in [4.78, 5) is 22.6. The van der Waals surface area contributed by atoms with Gasteiger partial charge < -0.3 is 10.6 Å².